The average Bonchev–Trinajstić information content (AvgIpc) is 3.37. The van der Waals surface area contributed by atoms with E-state index in [4.69, 9.17) is 10.2 Å². The Hall–Kier alpha value is -2.95. The number of amides is 1. The zero-order chi connectivity index (χ0) is 19.8. The fraction of sp³-hybridized carbons (Fsp3) is 0.318. The molecule has 7 heteroatoms. The molecule has 0 saturated carbocycles. The van der Waals surface area contributed by atoms with Gasteiger partial charge in [0.2, 0.25) is 0 Å². The molecule has 0 unspecified atom stereocenters. The van der Waals surface area contributed by atoms with Gasteiger partial charge >= 0.3 is 0 Å². The molecule has 2 aromatic carbocycles. The molecule has 1 saturated heterocycles. The van der Waals surface area contributed by atoms with Crippen molar-refractivity contribution in [3.05, 3.63) is 58.7 Å². The Bertz CT molecular complexity index is 1130. The number of piperazine rings is 1. The number of carbonyl (C=O) groups is 1. The molecule has 146 valence electrons. The van der Waals surface area contributed by atoms with Crippen LogP contribution in [0.4, 0.5) is 5.13 Å². The summed E-state index contributed by atoms with van der Waals surface area (Å²) in [6.45, 7) is 3.86. The number of nitrogens with one attached hydrogen (secondary N) is 2. The lowest BCUT2D eigenvalue weighted by Crippen LogP contribution is -2.43. The van der Waals surface area contributed by atoms with Gasteiger partial charge in [-0.15, -0.1) is 0 Å². The zero-order valence-electron chi connectivity index (χ0n) is 15.9. The molecule has 29 heavy (non-hydrogen) atoms. The number of hydrogen-bond donors (Lipinski definition) is 2. The quantitative estimate of drug-likeness (QED) is 0.703. The Balaban J connectivity index is 1.36. The zero-order valence-corrected chi connectivity index (χ0v) is 16.8. The summed E-state index contributed by atoms with van der Waals surface area (Å²) < 4.78 is 1.03. The number of nitrogens with zero attached hydrogens (tertiary/aromatic N) is 3. The third-order valence-corrected chi connectivity index (χ3v) is 6.76. The second kappa shape index (κ2) is 7.47. The molecule has 1 aromatic heterocycles. The molecule has 1 aliphatic carbocycles. The molecule has 0 bridgehead atoms. The lowest BCUT2D eigenvalue weighted by molar-refractivity contribution is 0.0937. The van der Waals surface area contributed by atoms with Crippen molar-refractivity contribution < 1.29 is 4.79 Å². The maximum Gasteiger partial charge on any atom is 0.251 e. The van der Waals surface area contributed by atoms with Crippen molar-refractivity contribution in [2.75, 3.05) is 31.1 Å². The predicted octanol–water partition coefficient (Wildman–Crippen LogP) is 2.99. The first kappa shape index (κ1) is 18.1. The number of aryl methyl sites for hydroxylation is 1. The van der Waals surface area contributed by atoms with E-state index in [9.17, 15) is 4.79 Å². The number of nitriles is 1. The average molecular weight is 404 g/mol. The molecule has 5 rings (SSSR count). The smallest absolute Gasteiger partial charge is 0.251 e. The first-order valence-electron chi connectivity index (χ1n) is 9.91. The van der Waals surface area contributed by atoms with Crippen LogP contribution in [0.15, 0.2) is 36.4 Å². The second-order valence-corrected chi connectivity index (χ2v) is 8.52. The van der Waals surface area contributed by atoms with Crippen molar-refractivity contribution in [2.45, 2.75) is 18.9 Å². The van der Waals surface area contributed by atoms with E-state index in [2.05, 4.69) is 21.6 Å². The van der Waals surface area contributed by atoms with E-state index in [0.29, 0.717) is 11.1 Å². The summed E-state index contributed by atoms with van der Waals surface area (Å²) in [5.41, 5.74) is 4.50. The minimum absolute atomic E-state index is 0.0423. The van der Waals surface area contributed by atoms with Crippen LogP contribution in [0.2, 0.25) is 0 Å². The van der Waals surface area contributed by atoms with Gasteiger partial charge in [-0.1, -0.05) is 17.4 Å². The van der Waals surface area contributed by atoms with Gasteiger partial charge in [0.05, 0.1) is 27.9 Å². The summed E-state index contributed by atoms with van der Waals surface area (Å²) in [6.07, 6.45) is 1.79. The Kier molecular flexibility index (Phi) is 4.66. The first-order valence-corrected chi connectivity index (χ1v) is 10.7. The van der Waals surface area contributed by atoms with Crippen molar-refractivity contribution in [1.82, 2.24) is 15.6 Å². The van der Waals surface area contributed by atoms with E-state index in [-0.39, 0.29) is 11.9 Å². The summed E-state index contributed by atoms with van der Waals surface area (Å²) >= 11 is 1.64. The van der Waals surface area contributed by atoms with E-state index < -0.39 is 0 Å². The molecule has 2 N–H and O–H groups in total. The monoisotopic (exact) mass is 403 g/mol. The Morgan fingerprint density at radius 2 is 2.10 bits per heavy atom. The van der Waals surface area contributed by atoms with Gasteiger partial charge in [-0.3, -0.25) is 4.79 Å². The van der Waals surface area contributed by atoms with Gasteiger partial charge in [0.15, 0.2) is 5.13 Å². The van der Waals surface area contributed by atoms with Crippen molar-refractivity contribution in [1.29, 1.82) is 5.26 Å². The van der Waals surface area contributed by atoms with Gasteiger partial charge in [-0.05, 0) is 54.3 Å². The van der Waals surface area contributed by atoms with Crippen molar-refractivity contribution >= 4 is 32.6 Å². The van der Waals surface area contributed by atoms with Crippen LogP contribution in [-0.2, 0) is 6.42 Å². The summed E-state index contributed by atoms with van der Waals surface area (Å²) in [5, 5.41) is 16.7. The molecule has 1 amide bonds. The number of aromatic nitrogens is 1. The number of benzene rings is 2. The summed E-state index contributed by atoms with van der Waals surface area (Å²) in [6, 6.07) is 13.6. The number of fused-ring (bicyclic) bond motifs is 2. The summed E-state index contributed by atoms with van der Waals surface area (Å²) in [4.78, 5) is 19.9. The molecule has 1 aliphatic heterocycles. The Labute approximate surface area is 173 Å². The topological polar surface area (TPSA) is 81.0 Å². The Morgan fingerprint density at radius 1 is 1.24 bits per heavy atom. The van der Waals surface area contributed by atoms with E-state index in [1.54, 1.807) is 11.3 Å². The second-order valence-electron chi connectivity index (χ2n) is 7.51. The minimum Gasteiger partial charge on any atom is -0.346 e. The van der Waals surface area contributed by atoms with Crippen LogP contribution in [0.1, 0.15) is 39.5 Å². The van der Waals surface area contributed by atoms with E-state index in [1.165, 1.54) is 5.56 Å². The van der Waals surface area contributed by atoms with Crippen molar-refractivity contribution in [2.24, 2.45) is 0 Å². The minimum atomic E-state index is -0.0794. The number of anilines is 1. The fourth-order valence-electron chi connectivity index (χ4n) is 4.11. The van der Waals surface area contributed by atoms with Crippen molar-refractivity contribution in [3.63, 3.8) is 0 Å². The summed E-state index contributed by atoms with van der Waals surface area (Å²) in [7, 11) is 0. The maximum atomic E-state index is 12.9. The lowest BCUT2D eigenvalue weighted by Gasteiger charge is -2.26. The highest BCUT2D eigenvalue weighted by atomic mass is 32.1. The molecule has 0 radical (unpaired) electrons. The first-order chi connectivity index (χ1) is 14.2. The van der Waals surface area contributed by atoms with Crippen LogP contribution in [0.25, 0.3) is 10.2 Å². The largest absolute Gasteiger partial charge is 0.346 e. The Morgan fingerprint density at radius 3 is 2.93 bits per heavy atom. The van der Waals surface area contributed by atoms with E-state index >= 15 is 0 Å². The molecular formula is C22H21N5OS. The molecule has 0 spiro atoms. The van der Waals surface area contributed by atoms with Crippen LogP contribution in [-0.4, -0.2) is 37.1 Å². The third kappa shape index (κ3) is 3.46. The fourth-order valence-corrected chi connectivity index (χ4v) is 5.16. The van der Waals surface area contributed by atoms with E-state index in [0.717, 1.165) is 59.9 Å². The van der Waals surface area contributed by atoms with Crippen LogP contribution in [0, 0.1) is 11.3 Å². The van der Waals surface area contributed by atoms with Gasteiger partial charge in [0.25, 0.3) is 5.91 Å². The van der Waals surface area contributed by atoms with Crippen LogP contribution in [0.5, 0.6) is 0 Å². The molecule has 2 heterocycles. The van der Waals surface area contributed by atoms with Crippen LogP contribution < -0.4 is 15.5 Å². The highest BCUT2D eigenvalue weighted by Gasteiger charge is 2.25. The SMILES string of the molecule is N#Cc1ccc2c(c1)[C@@H](NC(=O)c1ccc3nc(N4CCNCC4)sc3c1)CC2. The number of rotatable bonds is 3. The number of thiazole rings is 1. The molecular weight excluding hydrogens is 382 g/mol. The summed E-state index contributed by atoms with van der Waals surface area (Å²) in [5.74, 6) is -0.0794. The molecule has 6 nitrogen and oxygen atoms in total. The van der Waals surface area contributed by atoms with Gasteiger partial charge in [0.1, 0.15) is 0 Å². The predicted molar refractivity (Wildman–Crippen MR) is 114 cm³/mol. The van der Waals surface area contributed by atoms with Crippen LogP contribution in [0.3, 0.4) is 0 Å². The molecule has 3 aromatic rings. The standard InChI is InChI=1S/C22H21N5OS/c23-13-14-1-2-15-3-5-18(17(15)11-14)25-21(28)16-4-6-19-20(12-16)29-22(26-19)27-9-7-24-8-10-27/h1-2,4,6,11-12,18,24H,3,5,7-10H2,(H,25,28)/t18-/m0/s1. The third-order valence-electron chi connectivity index (χ3n) is 5.68. The molecule has 2 aliphatic rings. The highest BCUT2D eigenvalue weighted by molar-refractivity contribution is 7.22. The highest BCUT2D eigenvalue weighted by Crippen LogP contribution is 2.33. The molecule has 1 atom stereocenters. The van der Waals surface area contributed by atoms with Crippen LogP contribution >= 0.6 is 11.3 Å². The van der Waals surface area contributed by atoms with Gasteiger partial charge < -0.3 is 15.5 Å². The normalized spacial score (nSPS) is 18.4. The van der Waals surface area contributed by atoms with Gasteiger partial charge in [0, 0.05) is 31.7 Å². The maximum absolute atomic E-state index is 12.9. The van der Waals surface area contributed by atoms with E-state index in [1.807, 2.05) is 36.4 Å². The van der Waals surface area contributed by atoms with Gasteiger partial charge in [-0.2, -0.15) is 5.26 Å². The molecule has 1 fully saturated rings. The number of carbonyl (C=O) groups excluding carboxylic acids is 1. The van der Waals surface area contributed by atoms with Crippen molar-refractivity contribution in [3.8, 4) is 6.07 Å². The van der Waals surface area contributed by atoms with Gasteiger partial charge in [-0.25, -0.2) is 4.98 Å². The lowest BCUT2D eigenvalue weighted by atomic mass is 10.0. The number of hydrogen-bond acceptors (Lipinski definition) is 6.